The largest absolute Gasteiger partial charge is 0.354 e. The Bertz CT molecular complexity index is 601. The number of nitrogens with one attached hydrogen (secondary N) is 1. The number of nitrogens with zero attached hydrogens (tertiary/aromatic N) is 2. The monoisotopic (exact) mass is 260 g/mol. The molecule has 1 heterocycles. The number of fused-ring (bicyclic) bond motifs is 1. The van der Waals surface area contributed by atoms with Gasteiger partial charge in [0.15, 0.2) is 0 Å². The molecule has 0 saturated carbocycles. The summed E-state index contributed by atoms with van der Waals surface area (Å²) < 4.78 is 1.96. The van der Waals surface area contributed by atoms with E-state index in [0.717, 1.165) is 16.6 Å². The lowest BCUT2D eigenvalue weighted by atomic mass is 9.83. The van der Waals surface area contributed by atoms with Gasteiger partial charge in [0.1, 0.15) is 0 Å². The van der Waals surface area contributed by atoms with Gasteiger partial charge in [0, 0.05) is 20.1 Å². The lowest BCUT2D eigenvalue weighted by molar-refractivity contribution is -0.125. The molecule has 1 aromatic carbocycles. The van der Waals surface area contributed by atoms with Gasteiger partial charge in [-0.05, 0) is 31.5 Å². The van der Waals surface area contributed by atoms with Crippen LogP contribution in [-0.4, -0.2) is 28.5 Å². The van der Waals surface area contributed by atoms with Crippen molar-refractivity contribution in [2.75, 3.05) is 13.1 Å². The lowest BCUT2D eigenvalue weighted by Gasteiger charge is -2.24. The van der Waals surface area contributed by atoms with E-state index < -0.39 is 5.41 Å². The maximum atomic E-state index is 12.2. The van der Waals surface area contributed by atoms with Gasteiger partial charge in [-0.3, -0.25) is 4.79 Å². The molecule has 5 heteroatoms. The second-order valence-electron chi connectivity index (χ2n) is 5.23. The first-order valence-electron chi connectivity index (χ1n) is 6.36. The molecule has 0 bridgehead atoms. The molecule has 0 fully saturated rings. The molecular weight excluding hydrogens is 240 g/mol. The summed E-state index contributed by atoms with van der Waals surface area (Å²) in [6.45, 7) is 4.75. The smallest absolute Gasteiger partial charge is 0.230 e. The van der Waals surface area contributed by atoms with Crippen LogP contribution in [0.4, 0.5) is 0 Å². The molecule has 0 atom stereocenters. The third kappa shape index (κ3) is 2.46. The van der Waals surface area contributed by atoms with Crippen molar-refractivity contribution in [3.8, 4) is 0 Å². The normalized spacial score (nSPS) is 11.8. The third-order valence-electron chi connectivity index (χ3n) is 3.44. The topological polar surface area (TPSA) is 72.9 Å². The van der Waals surface area contributed by atoms with Crippen LogP contribution in [0.15, 0.2) is 24.5 Å². The van der Waals surface area contributed by atoms with Crippen LogP contribution in [0, 0.1) is 0 Å². The predicted molar refractivity (Wildman–Crippen MR) is 75.8 cm³/mol. The summed E-state index contributed by atoms with van der Waals surface area (Å²) in [5.74, 6) is -0.0202. The van der Waals surface area contributed by atoms with Gasteiger partial charge in [0.05, 0.1) is 22.8 Å². The number of carbonyl (C=O) groups is 1. The van der Waals surface area contributed by atoms with Crippen LogP contribution >= 0.6 is 0 Å². The summed E-state index contributed by atoms with van der Waals surface area (Å²) in [4.78, 5) is 16.5. The zero-order valence-corrected chi connectivity index (χ0v) is 11.6. The highest BCUT2D eigenvalue weighted by Gasteiger charge is 2.29. The molecule has 0 spiro atoms. The number of benzene rings is 1. The number of aryl methyl sites for hydroxylation is 1. The second kappa shape index (κ2) is 5.01. The van der Waals surface area contributed by atoms with Gasteiger partial charge in [-0.25, -0.2) is 4.98 Å². The van der Waals surface area contributed by atoms with Gasteiger partial charge in [-0.2, -0.15) is 0 Å². The van der Waals surface area contributed by atoms with Gasteiger partial charge >= 0.3 is 0 Å². The van der Waals surface area contributed by atoms with Gasteiger partial charge in [-0.15, -0.1) is 0 Å². The molecule has 1 amide bonds. The average molecular weight is 260 g/mol. The third-order valence-corrected chi connectivity index (χ3v) is 3.44. The Kier molecular flexibility index (Phi) is 3.57. The Hall–Kier alpha value is -1.88. The number of hydrogen-bond acceptors (Lipinski definition) is 3. The van der Waals surface area contributed by atoms with Crippen LogP contribution in [0.1, 0.15) is 19.4 Å². The zero-order valence-electron chi connectivity index (χ0n) is 11.6. The number of rotatable bonds is 4. The van der Waals surface area contributed by atoms with Crippen molar-refractivity contribution >= 4 is 16.9 Å². The van der Waals surface area contributed by atoms with Crippen LogP contribution in [0.3, 0.4) is 0 Å². The molecule has 102 valence electrons. The van der Waals surface area contributed by atoms with E-state index in [1.807, 2.05) is 43.7 Å². The van der Waals surface area contributed by atoms with Crippen LogP contribution in [0.5, 0.6) is 0 Å². The Morgan fingerprint density at radius 1 is 1.47 bits per heavy atom. The van der Waals surface area contributed by atoms with Crippen molar-refractivity contribution in [1.82, 2.24) is 14.9 Å². The van der Waals surface area contributed by atoms with E-state index in [2.05, 4.69) is 10.3 Å². The standard InChI is InChI=1S/C14H20N4O/c1-14(2,13(19)16-7-6-15)10-4-5-12-11(8-10)17-9-18(12)3/h4-5,8-9H,6-7,15H2,1-3H3,(H,16,19). The van der Waals surface area contributed by atoms with Crippen molar-refractivity contribution in [2.24, 2.45) is 12.8 Å². The van der Waals surface area contributed by atoms with E-state index in [9.17, 15) is 4.79 Å². The second-order valence-corrected chi connectivity index (χ2v) is 5.23. The van der Waals surface area contributed by atoms with Crippen molar-refractivity contribution in [3.05, 3.63) is 30.1 Å². The first kappa shape index (κ1) is 13.5. The van der Waals surface area contributed by atoms with E-state index in [0.29, 0.717) is 13.1 Å². The highest BCUT2D eigenvalue weighted by atomic mass is 16.2. The molecule has 0 radical (unpaired) electrons. The molecule has 0 aliphatic rings. The van der Waals surface area contributed by atoms with Crippen LogP contribution in [0.2, 0.25) is 0 Å². The Labute approximate surface area is 112 Å². The van der Waals surface area contributed by atoms with Crippen LogP contribution in [-0.2, 0) is 17.3 Å². The van der Waals surface area contributed by atoms with Gasteiger partial charge in [-0.1, -0.05) is 6.07 Å². The molecule has 2 rings (SSSR count). The van der Waals surface area contributed by atoms with Crippen molar-refractivity contribution in [3.63, 3.8) is 0 Å². The summed E-state index contributed by atoms with van der Waals surface area (Å²) >= 11 is 0. The zero-order chi connectivity index (χ0) is 14.0. The fourth-order valence-electron chi connectivity index (χ4n) is 2.06. The van der Waals surface area contributed by atoms with E-state index in [1.54, 1.807) is 6.33 Å². The molecular formula is C14H20N4O. The van der Waals surface area contributed by atoms with E-state index in [-0.39, 0.29) is 5.91 Å². The highest BCUT2D eigenvalue weighted by Crippen LogP contribution is 2.26. The maximum absolute atomic E-state index is 12.2. The predicted octanol–water partition coefficient (Wildman–Crippen LogP) is 0.926. The molecule has 3 N–H and O–H groups in total. The molecule has 2 aromatic rings. The molecule has 19 heavy (non-hydrogen) atoms. The summed E-state index contributed by atoms with van der Waals surface area (Å²) in [6.07, 6.45) is 1.77. The first-order chi connectivity index (χ1) is 8.96. The Morgan fingerprint density at radius 3 is 2.89 bits per heavy atom. The molecule has 0 unspecified atom stereocenters. The number of amides is 1. The first-order valence-corrected chi connectivity index (χ1v) is 6.36. The number of aromatic nitrogens is 2. The Balaban J connectivity index is 2.34. The minimum absolute atomic E-state index is 0.0202. The number of hydrogen-bond donors (Lipinski definition) is 2. The average Bonchev–Trinajstić information content (AvgIpc) is 2.77. The SMILES string of the molecule is Cn1cnc2cc(C(C)(C)C(=O)NCCN)ccc21. The number of imidazole rings is 1. The minimum atomic E-state index is -0.596. The fourth-order valence-corrected chi connectivity index (χ4v) is 2.06. The van der Waals surface area contributed by atoms with E-state index in [1.165, 1.54) is 0 Å². The highest BCUT2D eigenvalue weighted by molar-refractivity contribution is 5.89. The molecule has 1 aromatic heterocycles. The number of nitrogens with two attached hydrogens (primary N) is 1. The van der Waals surface area contributed by atoms with Gasteiger partial charge in [0.25, 0.3) is 0 Å². The summed E-state index contributed by atoms with van der Waals surface area (Å²) in [6, 6.07) is 5.94. The van der Waals surface area contributed by atoms with Gasteiger partial charge < -0.3 is 15.6 Å². The van der Waals surface area contributed by atoms with Crippen LogP contribution in [0.25, 0.3) is 11.0 Å². The fraction of sp³-hybridized carbons (Fsp3) is 0.429. The lowest BCUT2D eigenvalue weighted by Crippen LogP contribution is -2.42. The molecule has 0 aliphatic carbocycles. The van der Waals surface area contributed by atoms with Crippen LogP contribution < -0.4 is 11.1 Å². The summed E-state index contributed by atoms with van der Waals surface area (Å²) in [7, 11) is 1.95. The summed E-state index contributed by atoms with van der Waals surface area (Å²) in [5, 5.41) is 2.83. The quantitative estimate of drug-likeness (QED) is 0.858. The summed E-state index contributed by atoms with van der Waals surface area (Å²) in [5.41, 5.74) is 7.72. The Morgan fingerprint density at radius 2 is 2.21 bits per heavy atom. The van der Waals surface area contributed by atoms with Gasteiger partial charge in [0.2, 0.25) is 5.91 Å². The van der Waals surface area contributed by atoms with E-state index >= 15 is 0 Å². The van der Waals surface area contributed by atoms with Crippen molar-refractivity contribution < 1.29 is 4.79 Å². The van der Waals surface area contributed by atoms with Crippen molar-refractivity contribution in [1.29, 1.82) is 0 Å². The molecule has 0 aliphatic heterocycles. The maximum Gasteiger partial charge on any atom is 0.230 e. The minimum Gasteiger partial charge on any atom is -0.354 e. The number of carbonyl (C=O) groups excluding carboxylic acids is 1. The molecule has 5 nitrogen and oxygen atoms in total. The van der Waals surface area contributed by atoms with Crippen molar-refractivity contribution in [2.45, 2.75) is 19.3 Å². The van der Waals surface area contributed by atoms with E-state index in [4.69, 9.17) is 5.73 Å². The molecule has 0 saturated heterocycles.